The van der Waals surface area contributed by atoms with Crippen molar-refractivity contribution in [1.29, 1.82) is 0 Å². The Morgan fingerprint density at radius 1 is 1.20 bits per heavy atom. The summed E-state index contributed by atoms with van der Waals surface area (Å²) in [6.45, 7) is 0. The van der Waals surface area contributed by atoms with Gasteiger partial charge in [-0.25, -0.2) is 0 Å². The van der Waals surface area contributed by atoms with Gasteiger partial charge in [0, 0.05) is 0 Å². The molecule has 10 heavy (non-hydrogen) atoms. The second-order valence-corrected chi connectivity index (χ2v) is 3.38. The fourth-order valence-electron chi connectivity index (χ4n) is 1.19. The molecule has 0 saturated heterocycles. The van der Waals surface area contributed by atoms with E-state index in [0.29, 0.717) is 4.51 Å². The van der Waals surface area contributed by atoms with Crippen molar-refractivity contribution < 1.29 is 18.3 Å². The number of benzene rings is 1. The van der Waals surface area contributed by atoms with Crippen LogP contribution >= 0.6 is 0 Å². The number of fused-ring (bicyclic) bond motifs is 1. The fourth-order valence-corrected chi connectivity index (χ4v) is 1.78. The minimum absolute atomic E-state index is 0.511. The van der Waals surface area contributed by atoms with Gasteiger partial charge in [-0.1, -0.05) is 0 Å². The Hall–Kier alpha value is -0.417. The molecule has 1 aliphatic rings. The van der Waals surface area contributed by atoms with E-state index in [4.69, 9.17) is 0 Å². The second-order valence-electron chi connectivity index (χ2n) is 2.36. The zero-order chi connectivity index (χ0) is 6.97. The van der Waals surface area contributed by atoms with E-state index in [-0.39, 0.29) is 0 Å². The molecule has 0 radical (unpaired) electrons. The minimum atomic E-state index is 0.511. The van der Waals surface area contributed by atoms with Crippen molar-refractivity contribution in [2.24, 2.45) is 0 Å². The number of rotatable bonds is 0. The molecule has 1 unspecified atom stereocenters. The average Bonchev–Trinajstić information content (AvgIpc) is 2.34. The van der Waals surface area contributed by atoms with E-state index >= 15 is 0 Å². The zero-order valence-electron chi connectivity index (χ0n) is 5.37. The van der Waals surface area contributed by atoms with Crippen LogP contribution in [0, 0.1) is 0 Å². The number of allylic oxidation sites excluding steroid dienone is 1. The predicted octanol–water partition coefficient (Wildman–Crippen LogP) is 2.30. The Bertz CT molecular complexity index is 276. The Labute approximate surface area is 70.6 Å². The maximum absolute atomic E-state index is 3.00. The van der Waals surface area contributed by atoms with Crippen LogP contribution in [0.4, 0.5) is 0 Å². The summed E-state index contributed by atoms with van der Waals surface area (Å²) in [7, 11) is 0. The average molecular weight is 218 g/mol. The SMILES string of the molecule is [Rh][CH]1C=Cc2ccccc21. The monoisotopic (exact) mass is 218 g/mol. The van der Waals surface area contributed by atoms with Crippen LogP contribution in [0.2, 0.25) is 0 Å². The van der Waals surface area contributed by atoms with Gasteiger partial charge >= 0.3 is 70.4 Å². The van der Waals surface area contributed by atoms with Crippen LogP contribution in [0.5, 0.6) is 0 Å². The Morgan fingerprint density at radius 3 is 2.80 bits per heavy atom. The summed E-state index contributed by atoms with van der Waals surface area (Å²) < 4.78 is 0.511. The summed E-state index contributed by atoms with van der Waals surface area (Å²) in [4.78, 5) is 0. The molecule has 0 heterocycles. The summed E-state index contributed by atoms with van der Waals surface area (Å²) in [5, 5.41) is 0. The summed E-state index contributed by atoms with van der Waals surface area (Å²) in [5.41, 5.74) is 2.77. The topological polar surface area (TPSA) is 0 Å². The zero-order valence-corrected chi connectivity index (χ0v) is 7.01. The van der Waals surface area contributed by atoms with Gasteiger partial charge in [0.1, 0.15) is 0 Å². The van der Waals surface area contributed by atoms with Crippen molar-refractivity contribution >= 4 is 6.08 Å². The van der Waals surface area contributed by atoms with E-state index in [1.54, 1.807) is 0 Å². The molecule has 0 bridgehead atoms. The molecule has 1 aromatic rings. The predicted molar refractivity (Wildman–Crippen MR) is 38.2 cm³/mol. The van der Waals surface area contributed by atoms with Crippen molar-refractivity contribution in [1.82, 2.24) is 0 Å². The molecule has 0 saturated carbocycles. The molecule has 1 atom stereocenters. The first-order chi connectivity index (χ1) is 4.88. The third-order valence-corrected chi connectivity index (χ3v) is 2.54. The van der Waals surface area contributed by atoms with Crippen LogP contribution < -0.4 is 0 Å². The van der Waals surface area contributed by atoms with E-state index in [1.807, 2.05) is 0 Å². The Kier molecular flexibility index (Phi) is 1.46. The molecule has 1 aliphatic carbocycles. The summed E-state index contributed by atoms with van der Waals surface area (Å²) >= 11 is 3.00. The van der Waals surface area contributed by atoms with Gasteiger partial charge in [-0.15, -0.1) is 0 Å². The number of hydrogen-bond donors (Lipinski definition) is 0. The molecular weight excluding hydrogens is 211 g/mol. The molecule has 0 fully saturated rings. The van der Waals surface area contributed by atoms with Gasteiger partial charge in [-0.05, 0) is 0 Å². The molecule has 52 valence electrons. The van der Waals surface area contributed by atoms with E-state index in [1.165, 1.54) is 11.1 Å². The van der Waals surface area contributed by atoms with Crippen LogP contribution in [0.15, 0.2) is 30.3 Å². The molecule has 0 aliphatic heterocycles. The van der Waals surface area contributed by atoms with Crippen molar-refractivity contribution in [3.63, 3.8) is 0 Å². The first kappa shape index (κ1) is 6.30. The van der Waals surface area contributed by atoms with E-state index < -0.39 is 0 Å². The van der Waals surface area contributed by atoms with E-state index in [0.717, 1.165) is 0 Å². The van der Waals surface area contributed by atoms with Crippen molar-refractivity contribution in [3.05, 3.63) is 41.5 Å². The van der Waals surface area contributed by atoms with Gasteiger partial charge in [0.15, 0.2) is 0 Å². The van der Waals surface area contributed by atoms with Crippen LogP contribution in [0.1, 0.15) is 15.6 Å². The van der Waals surface area contributed by atoms with Crippen molar-refractivity contribution in [3.8, 4) is 0 Å². The molecular formula is C9H7Rh. The van der Waals surface area contributed by atoms with Crippen LogP contribution in [0.25, 0.3) is 6.08 Å². The Balaban J connectivity index is 2.59. The van der Waals surface area contributed by atoms with E-state index in [2.05, 4.69) is 54.7 Å². The molecule has 0 spiro atoms. The number of hydrogen-bond acceptors (Lipinski definition) is 0. The van der Waals surface area contributed by atoms with Crippen LogP contribution in [-0.4, -0.2) is 0 Å². The molecule has 1 aromatic carbocycles. The first-order valence-corrected chi connectivity index (χ1v) is 4.21. The van der Waals surface area contributed by atoms with Gasteiger partial charge in [0.05, 0.1) is 0 Å². The Morgan fingerprint density at radius 2 is 2.00 bits per heavy atom. The van der Waals surface area contributed by atoms with Crippen LogP contribution in [-0.2, 0) is 18.3 Å². The standard InChI is InChI=1S/C9H7.Rh/c1-2-5-9-7-3-6-8(9)4-1;/h1-7H;. The second kappa shape index (κ2) is 2.32. The summed E-state index contributed by atoms with van der Waals surface area (Å²) in [6, 6.07) is 8.47. The quantitative estimate of drug-likeness (QED) is 0.586. The maximum atomic E-state index is 3.00. The molecule has 0 amide bonds. The van der Waals surface area contributed by atoms with Crippen LogP contribution in [0.3, 0.4) is 0 Å². The van der Waals surface area contributed by atoms with Crippen molar-refractivity contribution in [2.75, 3.05) is 0 Å². The molecule has 2 rings (SSSR count). The third kappa shape index (κ3) is 0.857. The fraction of sp³-hybridized carbons (Fsp3) is 0.111. The molecule has 0 N–H and O–H groups in total. The third-order valence-electron chi connectivity index (χ3n) is 1.72. The van der Waals surface area contributed by atoms with Gasteiger partial charge in [0.25, 0.3) is 0 Å². The van der Waals surface area contributed by atoms with Crippen molar-refractivity contribution in [2.45, 2.75) is 4.51 Å². The molecule has 1 heteroatoms. The van der Waals surface area contributed by atoms with Gasteiger partial charge < -0.3 is 0 Å². The molecule has 0 nitrogen and oxygen atoms in total. The summed E-state index contributed by atoms with van der Waals surface area (Å²) in [5.74, 6) is 0. The van der Waals surface area contributed by atoms with Gasteiger partial charge in [0.2, 0.25) is 0 Å². The summed E-state index contributed by atoms with van der Waals surface area (Å²) in [6.07, 6.45) is 4.36. The van der Waals surface area contributed by atoms with Gasteiger partial charge in [-0.2, -0.15) is 0 Å². The molecule has 0 aromatic heterocycles. The van der Waals surface area contributed by atoms with E-state index in [9.17, 15) is 0 Å². The normalized spacial score (nSPS) is 21.2. The van der Waals surface area contributed by atoms with Gasteiger partial charge in [-0.3, -0.25) is 0 Å². The first-order valence-electron chi connectivity index (χ1n) is 3.26.